The van der Waals surface area contributed by atoms with Crippen molar-refractivity contribution in [2.75, 3.05) is 31.3 Å². The maximum Gasteiger partial charge on any atom is 0.258 e. The van der Waals surface area contributed by atoms with Gasteiger partial charge in [-0.2, -0.15) is 5.10 Å². The SMILES string of the molecule is Cc1cc2cc(n1)-c1cnn(C)c1OCCC[C@@H](C1CC1)Cn1c(nc3ccc(NC4CC(C=[N+](C)C)C4)cc31)NC2=O. The predicted octanol–water partition coefficient (Wildman–Crippen LogP) is 5.12. The lowest BCUT2D eigenvalue weighted by Gasteiger charge is -2.33. The fourth-order valence-corrected chi connectivity index (χ4v) is 6.73. The number of aryl methyl sites for hydroxylation is 2. The van der Waals surface area contributed by atoms with Gasteiger partial charge in [-0.1, -0.05) is 0 Å². The van der Waals surface area contributed by atoms with E-state index in [-0.39, 0.29) is 5.91 Å². The summed E-state index contributed by atoms with van der Waals surface area (Å²) in [5.74, 6) is 2.86. The molecule has 1 aliphatic heterocycles. The summed E-state index contributed by atoms with van der Waals surface area (Å²) in [6, 6.07) is 10.5. The Morgan fingerprint density at radius 1 is 1.09 bits per heavy atom. The molecule has 2 bridgehead atoms. The van der Waals surface area contributed by atoms with Crippen LogP contribution in [0.4, 0.5) is 11.6 Å². The smallest absolute Gasteiger partial charge is 0.258 e. The molecule has 4 aromatic rings. The van der Waals surface area contributed by atoms with Crippen molar-refractivity contribution < 1.29 is 14.1 Å². The molecule has 10 heteroatoms. The summed E-state index contributed by atoms with van der Waals surface area (Å²) in [6.45, 7) is 3.31. The van der Waals surface area contributed by atoms with Crippen molar-refractivity contribution in [3.8, 4) is 17.1 Å². The third kappa shape index (κ3) is 5.75. The molecular formula is C33H41N8O2+. The number of amides is 1. The van der Waals surface area contributed by atoms with E-state index in [2.05, 4.69) is 63.4 Å². The standard InChI is InChI=1S/C33H40N8O2/c1-20-12-24-15-29(35-20)27-17-34-40(4)32(27)43-11-5-6-23(22-7-8-22)19-41-30-16-25(36-26-13-21(14-26)18-39(2)3)9-10-28(30)37-33(41)38-31(24)42/h9-10,12,15-18,21-23,26H,5-8,11,13-14,19H2,1-4H3,(H-,35,36,37,38,42)/p+1/t21?,23-,26?/m1/s1. The molecule has 0 radical (unpaired) electrons. The molecule has 2 aliphatic carbocycles. The number of hydrogen-bond acceptors (Lipinski definition) is 6. The molecule has 2 saturated carbocycles. The Kier molecular flexibility index (Phi) is 7.15. The first-order valence-electron chi connectivity index (χ1n) is 15.5. The Balaban J connectivity index is 1.24. The molecule has 43 heavy (non-hydrogen) atoms. The van der Waals surface area contributed by atoms with Gasteiger partial charge in [0, 0.05) is 42.5 Å². The van der Waals surface area contributed by atoms with Gasteiger partial charge in [-0.15, -0.1) is 0 Å². The minimum atomic E-state index is -0.205. The summed E-state index contributed by atoms with van der Waals surface area (Å²) >= 11 is 0. The lowest BCUT2D eigenvalue weighted by molar-refractivity contribution is -0.462. The number of imidazole rings is 1. The zero-order valence-corrected chi connectivity index (χ0v) is 25.5. The maximum absolute atomic E-state index is 13.8. The van der Waals surface area contributed by atoms with Gasteiger partial charge in [0.2, 0.25) is 11.8 Å². The van der Waals surface area contributed by atoms with Crippen LogP contribution in [-0.2, 0) is 13.6 Å². The molecule has 0 unspecified atom stereocenters. The Hall–Kier alpha value is -4.21. The Bertz CT molecular complexity index is 1710. The highest BCUT2D eigenvalue weighted by atomic mass is 16.5. The molecule has 7 rings (SSSR count). The first-order chi connectivity index (χ1) is 20.8. The van der Waals surface area contributed by atoms with Gasteiger partial charge in [0.15, 0.2) is 0 Å². The predicted molar refractivity (Wildman–Crippen MR) is 168 cm³/mol. The molecule has 3 aliphatic rings. The van der Waals surface area contributed by atoms with Crippen LogP contribution in [-0.4, -0.2) is 67.8 Å². The minimum absolute atomic E-state index is 0.205. The summed E-state index contributed by atoms with van der Waals surface area (Å²) in [5.41, 5.74) is 5.78. The lowest BCUT2D eigenvalue weighted by atomic mass is 9.81. The number of nitrogens with one attached hydrogen (secondary N) is 2. The number of nitrogens with zero attached hydrogens (tertiary/aromatic N) is 6. The van der Waals surface area contributed by atoms with E-state index >= 15 is 0 Å². The molecule has 1 atom stereocenters. The van der Waals surface area contributed by atoms with E-state index in [4.69, 9.17) is 14.7 Å². The molecule has 2 N–H and O–H groups in total. The van der Waals surface area contributed by atoms with Gasteiger partial charge in [0.1, 0.15) is 20.3 Å². The largest absolute Gasteiger partial charge is 0.477 e. The van der Waals surface area contributed by atoms with E-state index in [0.717, 1.165) is 60.2 Å². The monoisotopic (exact) mass is 581 g/mol. The number of carbonyl (C=O) groups is 1. The number of fused-ring (bicyclic) bond motifs is 7. The highest BCUT2D eigenvalue weighted by Crippen LogP contribution is 2.41. The average Bonchev–Trinajstić information content (AvgIpc) is 3.65. The normalized spacial score (nSPS) is 22.2. The van der Waals surface area contributed by atoms with Crippen LogP contribution >= 0.6 is 0 Å². The number of benzene rings is 1. The van der Waals surface area contributed by atoms with Crippen molar-refractivity contribution in [2.45, 2.75) is 58.0 Å². The van der Waals surface area contributed by atoms with Crippen molar-refractivity contribution in [1.82, 2.24) is 24.3 Å². The van der Waals surface area contributed by atoms with Gasteiger partial charge < -0.3 is 14.6 Å². The summed E-state index contributed by atoms with van der Waals surface area (Å²) in [5, 5.41) is 11.3. The summed E-state index contributed by atoms with van der Waals surface area (Å²) in [6.07, 6.45) is 10.8. The molecule has 4 heterocycles. The van der Waals surface area contributed by atoms with Crippen LogP contribution < -0.4 is 15.4 Å². The Morgan fingerprint density at radius 2 is 1.93 bits per heavy atom. The summed E-state index contributed by atoms with van der Waals surface area (Å²) < 4.78 is 12.4. The number of aromatic nitrogens is 5. The van der Waals surface area contributed by atoms with Gasteiger partial charge in [0.25, 0.3) is 5.91 Å². The van der Waals surface area contributed by atoms with E-state index in [1.165, 1.54) is 12.8 Å². The summed E-state index contributed by atoms with van der Waals surface area (Å²) in [4.78, 5) is 23.4. The molecule has 224 valence electrons. The van der Waals surface area contributed by atoms with Crippen molar-refractivity contribution >= 4 is 34.8 Å². The van der Waals surface area contributed by atoms with Crippen molar-refractivity contribution in [3.05, 3.63) is 47.8 Å². The number of ether oxygens (including phenoxy) is 1. The number of hydrogen-bond donors (Lipinski definition) is 2. The first-order valence-corrected chi connectivity index (χ1v) is 15.5. The second kappa shape index (κ2) is 11.1. The van der Waals surface area contributed by atoms with E-state index in [1.54, 1.807) is 10.9 Å². The molecule has 3 aromatic heterocycles. The van der Waals surface area contributed by atoms with E-state index in [1.807, 2.05) is 26.1 Å². The summed E-state index contributed by atoms with van der Waals surface area (Å²) in [7, 11) is 6.06. The number of rotatable bonds is 4. The quantitative estimate of drug-likeness (QED) is 0.256. The van der Waals surface area contributed by atoms with Crippen molar-refractivity contribution in [1.29, 1.82) is 0 Å². The van der Waals surface area contributed by atoms with Crippen molar-refractivity contribution in [3.63, 3.8) is 0 Å². The highest BCUT2D eigenvalue weighted by molar-refractivity contribution is 6.05. The van der Waals surface area contributed by atoms with Gasteiger partial charge in [0.05, 0.1) is 35.1 Å². The average molecular weight is 582 g/mol. The number of anilines is 2. The maximum atomic E-state index is 13.8. The molecule has 0 saturated heterocycles. The van der Waals surface area contributed by atoms with Gasteiger partial charge in [-0.05, 0) is 87.6 Å². The number of carbonyl (C=O) groups excluding carboxylic acids is 1. The van der Waals surface area contributed by atoms with E-state index in [9.17, 15) is 4.79 Å². The second-order valence-corrected chi connectivity index (χ2v) is 12.8. The van der Waals surface area contributed by atoms with Gasteiger partial charge in [-0.25, -0.2) is 14.2 Å². The fraction of sp³-hybridized carbons (Fsp3) is 0.485. The molecule has 10 nitrogen and oxygen atoms in total. The van der Waals surface area contributed by atoms with Gasteiger partial charge >= 0.3 is 0 Å². The van der Waals surface area contributed by atoms with Crippen LogP contribution in [0.3, 0.4) is 0 Å². The van der Waals surface area contributed by atoms with Crippen LogP contribution in [0.15, 0.2) is 36.5 Å². The Morgan fingerprint density at radius 3 is 2.72 bits per heavy atom. The third-order valence-electron chi connectivity index (χ3n) is 9.07. The van der Waals surface area contributed by atoms with Crippen molar-refractivity contribution in [2.24, 2.45) is 24.8 Å². The van der Waals surface area contributed by atoms with Crippen LogP contribution in [0.1, 0.15) is 54.6 Å². The third-order valence-corrected chi connectivity index (χ3v) is 9.07. The number of pyridine rings is 1. The molecule has 0 spiro atoms. The van der Waals surface area contributed by atoms with E-state index < -0.39 is 0 Å². The Labute approximate surface area is 252 Å². The first kappa shape index (κ1) is 27.6. The molecule has 2 fully saturated rings. The van der Waals surface area contributed by atoms with Crippen LogP contribution in [0.5, 0.6) is 5.88 Å². The molecular weight excluding hydrogens is 540 g/mol. The molecule has 1 aromatic carbocycles. The fourth-order valence-electron chi connectivity index (χ4n) is 6.73. The van der Waals surface area contributed by atoms with Crippen LogP contribution in [0.25, 0.3) is 22.3 Å². The van der Waals surface area contributed by atoms with E-state index in [0.29, 0.717) is 53.5 Å². The van der Waals surface area contributed by atoms with Crippen LogP contribution in [0.2, 0.25) is 0 Å². The minimum Gasteiger partial charge on any atom is -0.477 e. The highest BCUT2D eigenvalue weighted by Gasteiger charge is 2.33. The van der Waals surface area contributed by atoms with Crippen LogP contribution in [0, 0.1) is 24.7 Å². The lowest BCUT2D eigenvalue weighted by Crippen LogP contribution is -2.37. The topological polar surface area (TPSA) is 102 Å². The second-order valence-electron chi connectivity index (χ2n) is 12.8. The van der Waals surface area contributed by atoms with Gasteiger partial charge in [-0.3, -0.25) is 15.1 Å². The zero-order chi connectivity index (χ0) is 29.7. The molecule has 1 amide bonds. The zero-order valence-electron chi connectivity index (χ0n) is 25.5.